The zero-order valence-corrected chi connectivity index (χ0v) is 31.2. The molecule has 0 amide bonds. The van der Waals surface area contributed by atoms with Crippen molar-refractivity contribution in [3.8, 4) is 0 Å². The van der Waals surface area contributed by atoms with E-state index in [4.69, 9.17) is 19.1 Å². The van der Waals surface area contributed by atoms with Crippen LogP contribution in [0.25, 0.3) is 0 Å². The van der Waals surface area contributed by atoms with Crippen LogP contribution in [-0.2, 0) is 32.7 Å². The SMILES string of the molecule is CC(C)CCCCCCCCCCCCCCC(=O)O[C@H](COC(=O)CCCCCCCCC(C)C)COP(=O)(O)OC[C@@H](O)CO. The van der Waals surface area contributed by atoms with E-state index in [1.165, 1.54) is 77.0 Å². The molecule has 0 rings (SSSR count). The average Bonchev–Trinajstić information content (AvgIpc) is 3.02. The maximum absolute atomic E-state index is 12.5. The Kier molecular flexibility index (Phi) is 30.3. The minimum Gasteiger partial charge on any atom is -0.462 e. The van der Waals surface area contributed by atoms with Crippen molar-refractivity contribution >= 4 is 19.8 Å². The number of phosphoric acid groups is 1. The van der Waals surface area contributed by atoms with Crippen molar-refractivity contribution in [1.82, 2.24) is 0 Å². The number of hydrogen-bond acceptors (Lipinski definition) is 9. The summed E-state index contributed by atoms with van der Waals surface area (Å²) in [6.07, 6.45) is 21.1. The van der Waals surface area contributed by atoms with Gasteiger partial charge in [0.1, 0.15) is 12.7 Å². The van der Waals surface area contributed by atoms with Crippen LogP contribution in [-0.4, -0.2) is 65.7 Å². The third kappa shape index (κ3) is 33.3. The van der Waals surface area contributed by atoms with Gasteiger partial charge in [0.05, 0.1) is 19.8 Å². The maximum Gasteiger partial charge on any atom is 0.472 e. The van der Waals surface area contributed by atoms with Crippen molar-refractivity contribution in [3.63, 3.8) is 0 Å². The van der Waals surface area contributed by atoms with Crippen LogP contribution in [0.3, 0.4) is 0 Å². The van der Waals surface area contributed by atoms with E-state index in [0.29, 0.717) is 12.8 Å². The molecule has 0 aromatic heterocycles. The molecule has 1 unspecified atom stereocenters. The van der Waals surface area contributed by atoms with Crippen LogP contribution < -0.4 is 0 Å². The number of aliphatic hydroxyl groups is 2. The molecule has 0 aromatic carbocycles. The number of carbonyl (C=O) groups excluding carboxylic acids is 2. The number of rotatable bonds is 34. The molecule has 0 saturated heterocycles. The monoisotopic (exact) mass is 694 g/mol. The molecule has 280 valence electrons. The Morgan fingerprint density at radius 2 is 0.957 bits per heavy atom. The second-order valence-corrected chi connectivity index (χ2v) is 15.4. The van der Waals surface area contributed by atoms with Crippen LogP contribution in [0.4, 0.5) is 0 Å². The minimum absolute atomic E-state index is 0.189. The van der Waals surface area contributed by atoms with Crippen molar-refractivity contribution in [1.29, 1.82) is 0 Å². The fraction of sp³-hybridized carbons (Fsp3) is 0.944. The third-order valence-electron chi connectivity index (χ3n) is 8.12. The molecule has 11 heteroatoms. The first-order valence-electron chi connectivity index (χ1n) is 18.7. The second-order valence-electron chi connectivity index (χ2n) is 13.9. The van der Waals surface area contributed by atoms with E-state index in [1.807, 2.05) is 0 Å². The van der Waals surface area contributed by atoms with Gasteiger partial charge in [0.25, 0.3) is 0 Å². The standard InChI is InChI=1S/C36H71O10P/c1-31(2)23-19-15-11-9-7-5-6-8-10-12-18-22-26-36(40)46-34(30-45-47(41,42)44-28-33(38)27-37)29-43-35(39)25-21-17-14-13-16-20-24-32(3)4/h31-34,37-38H,5-30H2,1-4H3,(H,41,42)/t33-,34+/m0/s1. The highest BCUT2D eigenvalue weighted by atomic mass is 31.2. The molecule has 0 radical (unpaired) electrons. The first kappa shape index (κ1) is 46.0. The summed E-state index contributed by atoms with van der Waals surface area (Å²) in [5.74, 6) is 0.608. The quantitative estimate of drug-likeness (QED) is 0.0339. The fourth-order valence-electron chi connectivity index (χ4n) is 5.19. The number of hydrogen-bond donors (Lipinski definition) is 3. The lowest BCUT2D eigenvalue weighted by atomic mass is 10.0. The first-order chi connectivity index (χ1) is 22.4. The molecule has 3 atom stereocenters. The molecule has 0 fully saturated rings. The topological polar surface area (TPSA) is 149 Å². The third-order valence-corrected chi connectivity index (χ3v) is 9.07. The number of ether oxygens (including phenoxy) is 2. The van der Waals surface area contributed by atoms with Crippen molar-refractivity contribution in [2.24, 2.45) is 11.8 Å². The Morgan fingerprint density at radius 3 is 1.38 bits per heavy atom. The molecule has 10 nitrogen and oxygen atoms in total. The summed E-state index contributed by atoms with van der Waals surface area (Å²) in [4.78, 5) is 34.7. The summed E-state index contributed by atoms with van der Waals surface area (Å²) < 4.78 is 32.5. The van der Waals surface area contributed by atoms with Gasteiger partial charge in [-0.1, -0.05) is 143 Å². The van der Waals surface area contributed by atoms with Crippen molar-refractivity contribution in [3.05, 3.63) is 0 Å². The molecular formula is C36H71O10P. The molecule has 0 aliphatic heterocycles. The highest BCUT2D eigenvalue weighted by Crippen LogP contribution is 2.43. The van der Waals surface area contributed by atoms with E-state index < -0.39 is 51.8 Å². The van der Waals surface area contributed by atoms with Gasteiger partial charge >= 0.3 is 19.8 Å². The maximum atomic E-state index is 12.5. The van der Waals surface area contributed by atoms with E-state index in [2.05, 4.69) is 32.2 Å². The van der Waals surface area contributed by atoms with Gasteiger partial charge in [0, 0.05) is 12.8 Å². The smallest absolute Gasteiger partial charge is 0.462 e. The molecule has 0 aliphatic rings. The van der Waals surface area contributed by atoms with Gasteiger partial charge in [-0.15, -0.1) is 0 Å². The van der Waals surface area contributed by atoms with Gasteiger partial charge in [-0.05, 0) is 24.7 Å². The Bertz CT molecular complexity index is 792. The molecule has 0 aliphatic carbocycles. The summed E-state index contributed by atoms with van der Waals surface area (Å²) >= 11 is 0. The summed E-state index contributed by atoms with van der Waals surface area (Å²) in [5, 5.41) is 18.2. The minimum atomic E-state index is -4.60. The molecule has 3 N–H and O–H groups in total. The van der Waals surface area contributed by atoms with E-state index in [9.17, 15) is 24.2 Å². The molecule has 0 spiro atoms. The largest absolute Gasteiger partial charge is 0.472 e. The summed E-state index contributed by atoms with van der Waals surface area (Å²) in [6, 6.07) is 0. The lowest BCUT2D eigenvalue weighted by Gasteiger charge is -2.20. The van der Waals surface area contributed by atoms with Crippen LogP contribution in [0.1, 0.15) is 169 Å². The molecule has 0 bridgehead atoms. The highest BCUT2D eigenvalue weighted by molar-refractivity contribution is 7.47. The lowest BCUT2D eigenvalue weighted by Crippen LogP contribution is -2.29. The van der Waals surface area contributed by atoms with Crippen LogP contribution >= 0.6 is 7.82 Å². The summed E-state index contributed by atoms with van der Waals surface area (Å²) in [5.41, 5.74) is 0. The van der Waals surface area contributed by atoms with Crippen molar-refractivity contribution < 1.29 is 47.8 Å². The van der Waals surface area contributed by atoms with Crippen LogP contribution in [0, 0.1) is 11.8 Å². The van der Waals surface area contributed by atoms with Gasteiger partial charge in [-0.3, -0.25) is 18.6 Å². The Labute approximate surface area is 286 Å². The molecule has 0 aromatic rings. The van der Waals surface area contributed by atoms with E-state index >= 15 is 0 Å². The molecular weight excluding hydrogens is 623 g/mol. The zero-order valence-electron chi connectivity index (χ0n) is 30.3. The second kappa shape index (κ2) is 31.0. The van der Waals surface area contributed by atoms with E-state index in [-0.39, 0.29) is 19.4 Å². The Balaban J connectivity index is 4.34. The summed E-state index contributed by atoms with van der Waals surface area (Å²) in [7, 11) is -4.60. The van der Waals surface area contributed by atoms with E-state index in [1.54, 1.807) is 0 Å². The predicted molar refractivity (Wildman–Crippen MR) is 187 cm³/mol. The lowest BCUT2D eigenvalue weighted by molar-refractivity contribution is -0.161. The number of aliphatic hydroxyl groups excluding tert-OH is 2. The number of phosphoric ester groups is 1. The predicted octanol–water partition coefficient (Wildman–Crippen LogP) is 8.82. The number of carbonyl (C=O) groups is 2. The fourth-order valence-corrected chi connectivity index (χ4v) is 5.97. The van der Waals surface area contributed by atoms with Crippen LogP contribution in [0.5, 0.6) is 0 Å². The average molecular weight is 695 g/mol. The van der Waals surface area contributed by atoms with Crippen LogP contribution in [0.2, 0.25) is 0 Å². The highest BCUT2D eigenvalue weighted by Gasteiger charge is 2.27. The molecule has 0 saturated carbocycles. The number of esters is 2. The van der Waals surface area contributed by atoms with Gasteiger partial charge in [0.2, 0.25) is 0 Å². The Morgan fingerprint density at radius 1 is 0.574 bits per heavy atom. The van der Waals surface area contributed by atoms with Crippen molar-refractivity contribution in [2.75, 3.05) is 26.4 Å². The molecule has 0 heterocycles. The van der Waals surface area contributed by atoms with Gasteiger partial charge in [-0.25, -0.2) is 4.57 Å². The normalized spacial score (nSPS) is 14.3. The summed E-state index contributed by atoms with van der Waals surface area (Å²) in [6.45, 7) is 6.93. The van der Waals surface area contributed by atoms with Gasteiger partial charge in [-0.2, -0.15) is 0 Å². The van der Waals surface area contributed by atoms with Gasteiger partial charge in [0.15, 0.2) is 6.10 Å². The van der Waals surface area contributed by atoms with Gasteiger partial charge < -0.3 is 24.6 Å². The number of unbranched alkanes of at least 4 members (excludes halogenated alkanes) is 16. The van der Waals surface area contributed by atoms with Crippen molar-refractivity contribution in [2.45, 2.75) is 181 Å². The zero-order chi connectivity index (χ0) is 35.2. The Hall–Kier alpha value is -1.03. The molecule has 47 heavy (non-hydrogen) atoms. The first-order valence-corrected chi connectivity index (χ1v) is 20.2. The van der Waals surface area contributed by atoms with Crippen LogP contribution in [0.15, 0.2) is 0 Å². The van der Waals surface area contributed by atoms with E-state index in [0.717, 1.165) is 50.4 Å².